The summed E-state index contributed by atoms with van der Waals surface area (Å²) in [5, 5.41) is 6.62. The number of nitrogens with one attached hydrogen (secondary N) is 2. The lowest BCUT2D eigenvalue weighted by molar-refractivity contribution is 0.197. The molecular formula is C11H26N4S. The summed E-state index contributed by atoms with van der Waals surface area (Å²) < 4.78 is 0. The van der Waals surface area contributed by atoms with Crippen LogP contribution in [0.5, 0.6) is 0 Å². The van der Waals surface area contributed by atoms with E-state index in [2.05, 4.69) is 54.7 Å². The molecule has 16 heavy (non-hydrogen) atoms. The fourth-order valence-corrected chi connectivity index (χ4v) is 1.26. The van der Waals surface area contributed by atoms with E-state index in [-0.39, 0.29) is 5.54 Å². The maximum atomic E-state index is 4.19. The Morgan fingerprint density at radius 1 is 1.31 bits per heavy atom. The smallest absolute Gasteiger partial charge is 0.191 e. The molecule has 0 saturated carbocycles. The van der Waals surface area contributed by atoms with Crippen molar-refractivity contribution in [3.63, 3.8) is 0 Å². The lowest BCUT2D eigenvalue weighted by Crippen LogP contribution is -2.51. The molecule has 0 aromatic carbocycles. The lowest BCUT2D eigenvalue weighted by atomic mass is 10.0. The summed E-state index contributed by atoms with van der Waals surface area (Å²) in [4.78, 5) is 6.39. The van der Waals surface area contributed by atoms with E-state index >= 15 is 0 Å². The maximum absolute atomic E-state index is 4.19. The molecule has 0 amide bonds. The molecule has 2 N–H and O–H groups in total. The molecule has 0 saturated heterocycles. The Hall–Kier alpha value is -0.420. The van der Waals surface area contributed by atoms with Crippen LogP contribution in [0.25, 0.3) is 0 Å². The highest BCUT2D eigenvalue weighted by atomic mass is 32.2. The van der Waals surface area contributed by atoms with Crippen LogP contribution in [0, 0.1) is 0 Å². The highest BCUT2D eigenvalue weighted by Crippen LogP contribution is 2.07. The fraction of sp³-hybridized carbons (Fsp3) is 0.909. The van der Waals surface area contributed by atoms with Gasteiger partial charge < -0.3 is 15.5 Å². The standard InChI is InChI=1S/C11H26N4S/c1-11(2,15(4)5)9-14-10(12-3)13-7-8-16-6/h7-9H2,1-6H3,(H2,12,13,14). The summed E-state index contributed by atoms with van der Waals surface area (Å²) in [6, 6.07) is 0. The van der Waals surface area contributed by atoms with Crippen LogP contribution < -0.4 is 10.6 Å². The SMILES string of the molecule is CN=C(NCCSC)NCC(C)(C)N(C)C. The van der Waals surface area contributed by atoms with E-state index in [0.717, 1.165) is 24.8 Å². The molecule has 0 rings (SSSR count). The summed E-state index contributed by atoms with van der Waals surface area (Å²) in [6.07, 6.45) is 2.10. The van der Waals surface area contributed by atoms with Crippen LogP contribution in [0.1, 0.15) is 13.8 Å². The fourth-order valence-electron chi connectivity index (χ4n) is 0.950. The van der Waals surface area contributed by atoms with E-state index < -0.39 is 0 Å². The van der Waals surface area contributed by atoms with E-state index in [4.69, 9.17) is 0 Å². The van der Waals surface area contributed by atoms with E-state index in [1.54, 1.807) is 7.05 Å². The molecule has 0 aromatic rings. The molecule has 4 nitrogen and oxygen atoms in total. The van der Waals surface area contributed by atoms with Crippen molar-refractivity contribution in [2.24, 2.45) is 4.99 Å². The van der Waals surface area contributed by atoms with Gasteiger partial charge in [0.1, 0.15) is 0 Å². The highest BCUT2D eigenvalue weighted by molar-refractivity contribution is 7.98. The summed E-state index contributed by atoms with van der Waals surface area (Å²) in [6.45, 7) is 6.23. The van der Waals surface area contributed by atoms with Crippen molar-refractivity contribution in [1.29, 1.82) is 0 Å². The van der Waals surface area contributed by atoms with Gasteiger partial charge in [-0.3, -0.25) is 4.99 Å². The molecule has 5 heteroatoms. The molecule has 0 atom stereocenters. The van der Waals surface area contributed by atoms with Crippen molar-refractivity contribution >= 4 is 17.7 Å². The molecule has 0 aliphatic rings. The molecule has 0 aromatic heterocycles. The number of guanidine groups is 1. The number of hydrogen-bond acceptors (Lipinski definition) is 3. The van der Waals surface area contributed by atoms with E-state index in [1.807, 2.05) is 11.8 Å². The monoisotopic (exact) mass is 246 g/mol. The predicted octanol–water partition coefficient (Wildman–Crippen LogP) is 0.855. The molecule has 0 spiro atoms. The van der Waals surface area contributed by atoms with Crippen molar-refractivity contribution in [3.05, 3.63) is 0 Å². The molecular weight excluding hydrogens is 220 g/mol. The number of rotatable bonds is 6. The van der Waals surface area contributed by atoms with Gasteiger partial charge >= 0.3 is 0 Å². The van der Waals surface area contributed by atoms with Gasteiger partial charge in [-0.1, -0.05) is 0 Å². The second-order valence-corrected chi connectivity index (χ2v) is 5.54. The van der Waals surface area contributed by atoms with Crippen molar-refractivity contribution < 1.29 is 0 Å². The number of likely N-dealkylation sites (N-methyl/N-ethyl adjacent to an activating group) is 1. The molecule has 0 heterocycles. The molecule has 96 valence electrons. The number of nitrogens with zero attached hydrogens (tertiary/aromatic N) is 2. The third-order valence-electron chi connectivity index (χ3n) is 2.72. The van der Waals surface area contributed by atoms with E-state index in [9.17, 15) is 0 Å². The van der Waals surface area contributed by atoms with Crippen LogP contribution in [-0.4, -0.2) is 62.6 Å². The minimum absolute atomic E-state index is 0.122. The largest absolute Gasteiger partial charge is 0.356 e. The lowest BCUT2D eigenvalue weighted by Gasteiger charge is -2.33. The average molecular weight is 246 g/mol. The van der Waals surface area contributed by atoms with Crippen molar-refractivity contribution in [3.8, 4) is 0 Å². The van der Waals surface area contributed by atoms with Gasteiger partial charge in [0.15, 0.2) is 5.96 Å². The Kier molecular flexibility index (Phi) is 7.58. The minimum atomic E-state index is 0.122. The van der Waals surface area contributed by atoms with Gasteiger partial charge in [0.25, 0.3) is 0 Å². The first-order valence-electron chi connectivity index (χ1n) is 5.55. The highest BCUT2D eigenvalue weighted by Gasteiger charge is 2.20. The second-order valence-electron chi connectivity index (χ2n) is 4.55. The van der Waals surface area contributed by atoms with E-state index in [1.165, 1.54) is 0 Å². The van der Waals surface area contributed by atoms with Crippen LogP contribution in [0.3, 0.4) is 0 Å². The van der Waals surface area contributed by atoms with E-state index in [0.29, 0.717) is 0 Å². The molecule has 0 aliphatic heterocycles. The number of aliphatic imine (C=N–C) groups is 1. The maximum Gasteiger partial charge on any atom is 0.191 e. The third-order valence-corrected chi connectivity index (χ3v) is 3.33. The predicted molar refractivity (Wildman–Crippen MR) is 75.5 cm³/mol. The Morgan fingerprint density at radius 2 is 1.94 bits per heavy atom. The first-order valence-corrected chi connectivity index (χ1v) is 6.94. The van der Waals surface area contributed by atoms with Crippen molar-refractivity contribution in [1.82, 2.24) is 15.5 Å². The second kappa shape index (κ2) is 7.79. The summed E-state index contributed by atoms with van der Waals surface area (Å²) >= 11 is 1.83. The van der Waals surface area contributed by atoms with Gasteiger partial charge in [0, 0.05) is 31.4 Å². The average Bonchev–Trinajstić information content (AvgIpc) is 2.23. The first kappa shape index (κ1) is 15.6. The van der Waals surface area contributed by atoms with Gasteiger partial charge in [-0.15, -0.1) is 0 Å². The van der Waals surface area contributed by atoms with Crippen LogP contribution in [-0.2, 0) is 0 Å². The van der Waals surface area contributed by atoms with Crippen LogP contribution in [0.2, 0.25) is 0 Å². The van der Waals surface area contributed by atoms with Crippen LogP contribution in [0.4, 0.5) is 0 Å². The Bertz CT molecular complexity index is 214. The Morgan fingerprint density at radius 3 is 2.38 bits per heavy atom. The van der Waals surface area contributed by atoms with Gasteiger partial charge in [-0.25, -0.2) is 0 Å². The molecule has 0 radical (unpaired) electrons. The van der Waals surface area contributed by atoms with Gasteiger partial charge in [0.05, 0.1) is 0 Å². The van der Waals surface area contributed by atoms with Crippen LogP contribution in [0.15, 0.2) is 4.99 Å². The first-order chi connectivity index (χ1) is 7.44. The Labute approximate surface area is 104 Å². The zero-order valence-electron chi connectivity index (χ0n) is 11.4. The van der Waals surface area contributed by atoms with Crippen molar-refractivity contribution in [2.75, 3.05) is 46.2 Å². The molecule has 0 unspecified atom stereocenters. The third kappa shape index (κ3) is 6.23. The zero-order chi connectivity index (χ0) is 12.6. The van der Waals surface area contributed by atoms with Gasteiger partial charge in [0.2, 0.25) is 0 Å². The minimum Gasteiger partial charge on any atom is -0.356 e. The van der Waals surface area contributed by atoms with Crippen LogP contribution >= 0.6 is 11.8 Å². The van der Waals surface area contributed by atoms with Gasteiger partial charge in [-0.2, -0.15) is 11.8 Å². The van der Waals surface area contributed by atoms with Crippen molar-refractivity contribution in [2.45, 2.75) is 19.4 Å². The van der Waals surface area contributed by atoms with Gasteiger partial charge in [-0.05, 0) is 34.2 Å². The quantitative estimate of drug-likeness (QED) is 0.414. The number of hydrogen-bond donors (Lipinski definition) is 2. The summed E-state index contributed by atoms with van der Waals surface area (Å²) in [7, 11) is 5.98. The molecule has 0 fully saturated rings. The zero-order valence-corrected chi connectivity index (χ0v) is 12.2. The number of thioether (sulfide) groups is 1. The Balaban J connectivity index is 3.97. The molecule has 0 aliphatic carbocycles. The summed E-state index contributed by atoms with van der Waals surface area (Å²) in [5.74, 6) is 1.97. The normalized spacial score (nSPS) is 13.1. The topological polar surface area (TPSA) is 39.7 Å². The summed E-state index contributed by atoms with van der Waals surface area (Å²) in [5.41, 5.74) is 0.122. The molecule has 0 bridgehead atoms.